The van der Waals surface area contributed by atoms with Crippen molar-refractivity contribution < 1.29 is 19.1 Å². The quantitative estimate of drug-likeness (QED) is 0.496. The van der Waals surface area contributed by atoms with Gasteiger partial charge >= 0.3 is 6.09 Å². The third kappa shape index (κ3) is 8.64. The summed E-state index contributed by atoms with van der Waals surface area (Å²) in [6.07, 6.45) is 4.36. The summed E-state index contributed by atoms with van der Waals surface area (Å²) in [6.45, 7) is 12.4. The fraction of sp³-hybridized carbons (Fsp3) is 0.409. The molecule has 0 fully saturated rings. The molecule has 0 unspecified atom stereocenters. The number of allylic oxidation sites excluding steroid dienone is 1. The van der Waals surface area contributed by atoms with Gasteiger partial charge in [0.25, 0.3) is 0 Å². The zero-order valence-corrected chi connectivity index (χ0v) is 17.4. The van der Waals surface area contributed by atoms with Crippen LogP contribution in [0, 0.1) is 5.92 Å². The highest BCUT2D eigenvalue weighted by molar-refractivity contribution is 5.98. The number of amides is 3. The van der Waals surface area contributed by atoms with Crippen LogP contribution in [0.25, 0.3) is 0 Å². The topological polar surface area (TPSA) is 96.5 Å². The van der Waals surface area contributed by atoms with Crippen molar-refractivity contribution in [1.82, 2.24) is 10.6 Å². The van der Waals surface area contributed by atoms with Crippen molar-refractivity contribution in [3.05, 3.63) is 55.1 Å². The normalized spacial score (nSPS) is 12.4. The number of nitrogens with one attached hydrogen (secondary N) is 3. The van der Waals surface area contributed by atoms with E-state index in [1.807, 2.05) is 30.3 Å². The third-order valence-electron chi connectivity index (χ3n) is 4.17. The third-order valence-corrected chi connectivity index (χ3v) is 4.17. The molecule has 1 aromatic carbocycles. The smallest absolute Gasteiger partial charge is 0.408 e. The Labute approximate surface area is 172 Å². The Bertz CT molecular complexity index is 713. The van der Waals surface area contributed by atoms with Gasteiger partial charge in [-0.05, 0) is 43.4 Å². The first-order valence-corrected chi connectivity index (χ1v) is 9.63. The molecule has 0 heterocycles. The summed E-state index contributed by atoms with van der Waals surface area (Å²) in [5, 5.41) is 7.91. The molecular weight excluding hydrogens is 370 g/mol. The molecular formula is C22H31N3O4. The lowest BCUT2D eigenvalue weighted by Gasteiger charge is -2.23. The molecule has 0 aromatic heterocycles. The van der Waals surface area contributed by atoms with Crippen molar-refractivity contribution in [2.45, 2.75) is 45.7 Å². The van der Waals surface area contributed by atoms with Crippen molar-refractivity contribution in [1.29, 1.82) is 0 Å². The molecule has 1 rings (SSSR count). The predicted octanol–water partition coefficient (Wildman–Crippen LogP) is 3.19. The molecule has 0 saturated carbocycles. The molecule has 0 radical (unpaired) electrons. The highest BCUT2D eigenvalue weighted by Gasteiger charge is 2.27. The summed E-state index contributed by atoms with van der Waals surface area (Å²) in [5.74, 6) is -1.00. The first kappa shape index (κ1) is 23.9. The summed E-state index contributed by atoms with van der Waals surface area (Å²) in [7, 11) is 0. The number of anilines is 1. The second kappa shape index (κ2) is 12.4. The van der Waals surface area contributed by atoms with E-state index in [1.165, 1.54) is 6.08 Å². The van der Waals surface area contributed by atoms with Gasteiger partial charge in [-0.25, -0.2) is 4.79 Å². The number of ether oxygens (including phenoxy) is 1. The van der Waals surface area contributed by atoms with E-state index in [1.54, 1.807) is 20.8 Å². The minimum atomic E-state index is -0.827. The maximum absolute atomic E-state index is 12.5. The largest absolute Gasteiger partial charge is 0.445 e. The molecule has 3 N–H and O–H groups in total. The lowest BCUT2D eigenvalue weighted by molar-refractivity contribution is -0.128. The Kier molecular flexibility index (Phi) is 10.2. The van der Waals surface area contributed by atoms with Crippen LogP contribution < -0.4 is 16.0 Å². The van der Waals surface area contributed by atoms with E-state index in [2.05, 4.69) is 29.1 Å². The molecule has 0 aliphatic rings. The van der Waals surface area contributed by atoms with E-state index in [-0.39, 0.29) is 18.4 Å². The van der Waals surface area contributed by atoms with Crippen LogP contribution in [0.2, 0.25) is 0 Å². The summed E-state index contributed by atoms with van der Waals surface area (Å²) >= 11 is 0. The second-order valence-electron chi connectivity index (χ2n) is 7.00. The monoisotopic (exact) mass is 401 g/mol. The SMILES string of the molecule is C=CCCc1ccc(NC(=O)[C@H](C)NC(=O)[C@@H](NC(=O)OCC=C)C(C)C)cc1. The molecule has 0 spiro atoms. The Morgan fingerprint density at radius 2 is 1.66 bits per heavy atom. The molecule has 29 heavy (non-hydrogen) atoms. The van der Waals surface area contributed by atoms with E-state index >= 15 is 0 Å². The van der Waals surface area contributed by atoms with Crippen LogP contribution in [0.5, 0.6) is 0 Å². The molecule has 158 valence electrons. The van der Waals surface area contributed by atoms with E-state index in [9.17, 15) is 14.4 Å². The summed E-state index contributed by atoms with van der Waals surface area (Å²) in [5.41, 5.74) is 1.79. The molecule has 0 aliphatic heterocycles. The highest BCUT2D eigenvalue weighted by Crippen LogP contribution is 2.12. The lowest BCUT2D eigenvalue weighted by atomic mass is 10.0. The zero-order chi connectivity index (χ0) is 21.8. The Morgan fingerprint density at radius 3 is 2.21 bits per heavy atom. The van der Waals surface area contributed by atoms with Gasteiger partial charge in [-0.1, -0.05) is 44.7 Å². The first-order chi connectivity index (χ1) is 13.8. The second-order valence-corrected chi connectivity index (χ2v) is 7.00. The van der Waals surface area contributed by atoms with Gasteiger partial charge in [-0.3, -0.25) is 9.59 Å². The van der Waals surface area contributed by atoms with Gasteiger partial charge in [0.15, 0.2) is 0 Å². The number of carbonyl (C=O) groups excluding carboxylic acids is 3. The molecule has 7 nitrogen and oxygen atoms in total. The van der Waals surface area contributed by atoms with Crippen LogP contribution in [0.1, 0.15) is 32.8 Å². The van der Waals surface area contributed by atoms with E-state index in [0.29, 0.717) is 5.69 Å². The Balaban J connectivity index is 2.62. The predicted molar refractivity (Wildman–Crippen MR) is 115 cm³/mol. The molecule has 1 aromatic rings. The van der Waals surface area contributed by atoms with Gasteiger partial charge in [0, 0.05) is 5.69 Å². The molecule has 2 atom stereocenters. The highest BCUT2D eigenvalue weighted by atomic mass is 16.5. The van der Waals surface area contributed by atoms with Gasteiger partial charge in [0.2, 0.25) is 11.8 Å². The van der Waals surface area contributed by atoms with Crippen molar-refractivity contribution in [3.63, 3.8) is 0 Å². The number of aryl methyl sites for hydroxylation is 1. The van der Waals surface area contributed by atoms with E-state index in [4.69, 9.17) is 4.74 Å². The number of carbonyl (C=O) groups is 3. The van der Waals surface area contributed by atoms with Gasteiger partial charge in [-0.15, -0.1) is 6.58 Å². The van der Waals surface area contributed by atoms with Crippen LogP contribution >= 0.6 is 0 Å². The van der Waals surface area contributed by atoms with Crippen molar-refractivity contribution in [2.24, 2.45) is 5.92 Å². The number of hydrogen-bond donors (Lipinski definition) is 3. The van der Waals surface area contributed by atoms with Crippen LogP contribution in [-0.4, -0.2) is 36.6 Å². The van der Waals surface area contributed by atoms with E-state index < -0.39 is 24.1 Å². The lowest BCUT2D eigenvalue weighted by Crippen LogP contribution is -2.53. The molecule has 0 aliphatic carbocycles. The van der Waals surface area contributed by atoms with Crippen molar-refractivity contribution >= 4 is 23.6 Å². The molecule has 0 bridgehead atoms. The van der Waals surface area contributed by atoms with Crippen LogP contribution in [-0.2, 0) is 20.7 Å². The number of rotatable bonds is 11. The standard InChI is InChI=1S/C22H31N3O4/c1-6-8-9-17-10-12-18(13-11-17)24-20(26)16(5)23-21(27)19(15(3)4)25-22(28)29-14-7-2/h6-7,10-13,15-16,19H,1-2,8-9,14H2,3-5H3,(H,23,27)(H,24,26)(H,25,28)/t16-,19-/m0/s1. The fourth-order valence-corrected chi connectivity index (χ4v) is 2.48. The first-order valence-electron chi connectivity index (χ1n) is 9.63. The number of hydrogen-bond acceptors (Lipinski definition) is 4. The number of alkyl carbamates (subject to hydrolysis) is 1. The number of benzene rings is 1. The minimum absolute atomic E-state index is 0.0451. The molecule has 3 amide bonds. The van der Waals surface area contributed by atoms with Gasteiger partial charge in [0.05, 0.1) is 0 Å². The van der Waals surface area contributed by atoms with Crippen LogP contribution in [0.15, 0.2) is 49.6 Å². The average Bonchev–Trinajstić information content (AvgIpc) is 2.69. The fourth-order valence-electron chi connectivity index (χ4n) is 2.48. The molecule has 0 saturated heterocycles. The van der Waals surface area contributed by atoms with Gasteiger partial charge in [0.1, 0.15) is 18.7 Å². The van der Waals surface area contributed by atoms with Crippen LogP contribution in [0.3, 0.4) is 0 Å². The Morgan fingerprint density at radius 1 is 1.00 bits per heavy atom. The summed E-state index contributed by atoms with van der Waals surface area (Å²) in [6, 6.07) is 5.91. The van der Waals surface area contributed by atoms with E-state index in [0.717, 1.165) is 18.4 Å². The zero-order valence-electron chi connectivity index (χ0n) is 17.4. The van der Waals surface area contributed by atoms with Crippen molar-refractivity contribution in [3.8, 4) is 0 Å². The van der Waals surface area contributed by atoms with Gasteiger partial charge < -0.3 is 20.7 Å². The van der Waals surface area contributed by atoms with Gasteiger partial charge in [-0.2, -0.15) is 0 Å². The van der Waals surface area contributed by atoms with Crippen LogP contribution in [0.4, 0.5) is 10.5 Å². The molecule has 7 heteroatoms. The maximum atomic E-state index is 12.5. The van der Waals surface area contributed by atoms with Crippen molar-refractivity contribution in [2.75, 3.05) is 11.9 Å². The summed E-state index contributed by atoms with van der Waals surface area (Å²) < 4.78 is 4.85. The maximum Gasteiger partial charge on any atom is 0.408 e. The minimum Gasteiger partial charge on any atom is -0.445 e. The summed E-state index contributed by atoms with van der Waals surface area (Å²) in [4.78, 5) is 36.6. The average molecular weight is 402 g/mol. The Hall–Kier alpha value is -3.09.